The second kappa shape index (κ2) is 9.30. The summed E-state index contributed by atoms with van der Waals surface area (Å²) in [5.41, 5.74) is 0.733. The Morgan fingerprint density at radius 3 is 2.48 bits per heavy atom. The van der Waals surface area contributed by atoms with E-state index in [4.69, 9.17) is 32.7 Å². The Morgan fingerprint density at radius 2 is 1.80 bits per heavy atom. The number of carbonyl (C=O) groups excluding carboxylic acids is 2. The number of amides is 1. The summed E-state index contributed by atoms with van der Waals surface area (Å²) in [5, 5.41) is 3.05. The summed E-state index contributed by atoms with van der Waals surface area (Å²) in [7, 11) is 0. The topological polar surface area (TPSA) is 64.6 Å². The minimum atomic E-state index is -0.720. The molecule has 2 aromatic rings. The fraction of sp³-hybridized carbons (Fsp3) is 0.222. The number of carbonyl (C=O) groups is 2. The molecule has 2 rings (SSSR count). The molecule has 0 aliphatic rings. The minimum absolute atomic E-state index is 0.228. The number of rotatable bonds is 6. The highest BCUT2D eigenvalue weighted by atomic mass is 35.5. The van der Waals surface area contributed by atoms with Gasteiger partial charge in [0.2, 0.25) is 0 Å². The van der Waals surface area contributed by atoms with Crippen molar-refractivity contribution in [1.29, 1.82) is 0 Å². The lowest BCUT2D eigenvalue weighted by atomic mass is 10.2. The highest BCUT2D eigenvalue weighted by molar-refractivity contribution is 6.43. The van der Waals surface area contributed by atoms with E-state index < -0.39 is 12.1 Å². The first-order valence-electron chi connectivity index (χ1n) is 7.71. The molecule has 0 aromatic heterocycles. The van der Waals surface area contributed by atoms with Gasteiger partial charge in [-0.25, -0.2) is 9.59 Å². The summed E-state index contributed by atoms with van der Waals surface area (Å²) in [6, 6.07) is 10.9. The average Bonchev–Trinajstić information content (AvgIpc) is 2.59. The highest BCUT2D eigenvalue weighted by Crippen LogP contribution is 2.29. The van der Waals surface area contributed by atoms with Crippen molar-refractivity contribution in [2.75, 3.05) is 11.9 Å². The molecule has 25 heavy (non-hydrogen) atoms. The van der Waals surface area contributed by atoms with Crippen LogP contribution in [0.2, 0.25) is 10.0 Å². The van der Waals surface area contributed by atoms with Gasteiger partial charge in [0, 0.05) is 0 Å². The smallest absolute Gasteiger partial charge is 0.417 e. The van der Waals surface area contributed by atoms with Crippen LogP contribution in [0.25, 0.3) is 0 Å². The van der Waals surface area contributed by atoms with E-state index >= 15 is 0 Å². The molecular formula is C18H17Cl2NO4. The molecule has 0 heterocycles. The SMILES string of the molecule is CCCCOC(=O)c1ccc(OC(=O)Nc2cccc(Cl)c2Cl)cc1. The third-order valence-corrected chi connectivity index (χ3v) is 4.04. The first kappa shape index (κ1) is 19.1. The van der Waals surface area contributed by atoms with Crippen molar-refractivity contribution in [3.8, 4) is 5.75 Å². The number of anilines is 1. The van der Waals surface area contributed by atoms with Crippen LogP contribution in [0.15, 0.2) is 42.5 Å². The molecule has 0 bridgehead atoms. The predicted octanol–water partition coefficient (Wildman–Crippen LogP) is 5.56. The summed E-state index contributed by atoms with van der Waals surface area (Å²) >= 11 is 11.9. The third-order valence-electron chi connectivity index (χ3n) is 3.22. The van der Waals surface area contributed by atoms with Crippen molar-refractivity contribution in [3.63, 3.8) is 0 Å². The quantitative estimate of drug-likeness (QED) is 0.525. The molecule has 0 fully saturated rings. The van der Waals surface area contributed by atoms with Crippen LogP contribution < -0.4 is 10.1 Å². The highest BCUT2D eigenvalue weighted by Gasteiger charge is 2.11. The van der Waals surface area contributed by atoms with Crippen LogP contribution in [0.5, 0.6) is 5.75 Å². The van der Waals surface area contributed by atoms with Crippen molar-refractivity contribution < 1.29 is 19.1 Å². The number of hydrogen-bond acceptors (Lipinski definition) is 4. The summed E-state index contributed by atoms with van der Waals surface area (Å²) in [4.78, 5) is 23.7. The van der Waals surface area contributed by atoms with E-state index in [2.05, 4.69) is 5.32 Å². The molecule has 0 aliphatic heterocycles. The number of nitrogens with one attached hydrogen (secondary N) is 1. The first-order chi connectivity index (χ1) is 12.0. The fourth-order valence-corrected chi connectivity index (χ4v) is 2.24. The van der Waals surface area contributed by atoms with Gasteiger partial charge in [-0.15, -0.1) is 0 Å². The van der Waals surface area contributed by atoms with Crippen LogP contribution in [0, 0.1) is 0 Å². The Hall–Kier alpha value is -2.24. The van der Waals surface area contributed by atoms with Gasteiger partial charge in [-0.3, -0.25) is 5.32 Å². The maximum atomic E-state index is 11.9. The largest absolute Gasteiger partial charge is 0.462 e. The Morgan fingerprint density at radius 1 is 1.08 bits per heavy atom. The maximum absolute atomic E-state index is 11.9. The van der Waals surface area contributed by atoms with Gasteiger partial charge in [-0.1, -0.05) is 42.6 Å². The van der Waals surface area contributed by atoms with Crippen molar-refractivity contribution in [2.45, 2.75) is 19.8 Å². The Balaban J connectivity index is 1.93. The number of halogens is 2. The van der Waals surface area contributed by atoms with E-state index in [9.17, 15) is 9.59 Å². The molecule has 0 atom stereocenters. The van der Waals surface area contributed by atoms with Crippen molar-refractivity contribution in [1.82, 2.24) is 0 Å². The monoisotopic (exact) mass is 381 g/mol. The van der Waals surface area contributed by atoms with E-state index in [1.165, 1.54) is 24.3 Å². The maximum Gasteiger partial charge on any atom is 0.417 e. The van der Waals surface area contributed by atoms with Gasteiger partial charge in [0.15, 0.2) is 0 Å². The zero-order valence-electron chi connectivity index (χ0n) is 13.6. The van der Waals surface area contributed by atoms with Gasteiger partial charge in [0.1, 0.15) is 5.75 Å². The Bertz CT molecular complexity index is 747. The van der Waals surface area contributed by atoms with Crippen molar-refractivity contribution in [3.05, 3.63) is 58.1 Å². The molecule has 0 spiro atoms. The standard InChI is InChI=1S/C18H17Cl2NO4/c1-2-3-11-24-17(22)12-7-9-13(10-8-12)25-18(23)21-15-6-4-5-14(19)16(15)20/h4-10H,2-3,11H2,1H3,(H,21,23). The summed E-state index contributed by atoms with van der Waals surface area (Å²) in [6.45, 7) is 2.40. The Labute approximate surface area is 155 Å². The first-order valence-corrected chi connectivity index (χ1v) is 8.47. The van der Waals surface area contributed by atoms with Crippen LogP contribution in [0.4, 0.5) is 10.5 Å². The molecule has 1 N–H and O–H groups in total. The van der Waals surface area contributed by atoms with Crippen LogP contribution >= 0.6 is 23.2 Å². The van der Waals surface area contributed by atoms with Gasteiger partial charge in [-0.05, 0) is 42.8 Å². The fourth-order valence-electron chi connectivity index (χ4n) is 1.89. The number of unbranched alkanes of at least 4 members (excludes halogenated alkanes) is 1. The normalized spacial score (nSPS) is 10.2. The molecule has 5 nitrogen and oxygen atoms in total. The molecule has 0 unspecified atom stereocenters. The lowest BCUT2D eigenvalue weighted by Gasteiger charge is -2.09. The second-order valence-corrected chi connectivity index (χ2v) is 5.91. The third kappa shape index (κ3) is 5.66. The number of hydrogen-bond donors (Lipinski definition) is 1. The summed E-state index contributed by atoms with van der Waals surface area (Å²) in [5.74, 6) is -0.129. The van der Waals surface area contributed by atoms with E-state index in [0.717, 1.165) is 12.8 Å². The van der Waals surface area contributed by atoms with Gasteiger partial charge in [0.25, 0.3) is 0 Å². The van der Waals surface area contributed by atoms with E-state index in [1.807, 2.05) is 6.92 Å². The molecule has 0 saturated heterocycles. The van der Waals surface area contributed by atoms with E-state index in [0.29, 0.717) is 22.9 Å². The van der Waals surface area contributed by atoms with Crippen molar-refractivity contribution >= 4 is 41.0 Å². The van der Waals surface area contributed by atoms with E-state index in [1.54, 1.807) is 18.2 Å². The molecule has 7 heteroatoms. The van der Waals surface area contributed by atoms with Crippen LogP contribution in [-0.2, 0) is 4.74 Å². The zero-order chi connectivity index (χ0) is 18.2. The van der Waals surface area contributed by atoms with Gasteiger partial charge in [0.05, 0.1) is 27.9 Å². The number of esters is 1. The molecule has 0 saturated carbocycles. The minimum Gasteiger partial charge on any atom is -0.462 e. The van der Waals surface area contributed by atoms with Gasteiger partial charge < -0.3 is 9.47 Å². The number of ether oxygens (including phenoxy) is 2. The number of benzene rings is 2. The Kier molecular flexibility index (Phi) is 7.10. The van der Waals surface area contributed by atoms with Crippen LogP contribution in [0.1, 0.15) is 30.1 Å². The van der Waals surface area contributed by atoms with Crippen LogP contribution in [0.3, 0.4) is 0 Å². The molecular weight excluding hydrogens is 365 g/mol. The zero-order valence-corrected chi connectivity index (χ0v) is 15.1. The lowest BCUT2D eigenvalue weighted by molar-refractivity contribution is 0.0499. The van der Waals surface area contributed by atoms with Gasteiger partial charge >= 0.3 is 12.1 Å². The molecule has 0 aliphatic carbocycles. The molecule has 0 radical (unpaired) electrons. The predicted molar refractivity (Wildman–Crippen MR) is 97.7 cm³/mol. The van der Waals surface area contributed by atoms with Crippen LogP contribution in [-0.4, -0.2) is 18.7 Å². The van der Waals surface area contributed by atoms with Crippen molar-refractivity contribution in [2.24, 2.45) is 0 Å². The average molecular weight is 382 g/mol. The van der Waals surface area contributed by atoms with Gasteiger partial charge in [-0.2, -0.15) is 0 Å². The lowest BCUT2D eigenvalue weighted by Crippen LogP contribution is -2.17. The molecule has 1 amide bonds. The summed E-state index contributed by atoms with van der Waals surface area (Å²) < 4.78 is 10.2. The second-order valence-electron chi connectivity index (χ2n) is 5.13. The molecule has 132 valence electrons. The molecule has 2 aromatic carbocycles. The summed E-state index contributed by atoms with van der Waals surface area (Å²) in [6.07, 6.45) is 1.05. The van der Waals surface area contributed by atoms with E-state index in [-0.39, 0.29) is 10.8 Å².